The molecule has 0 aromatic carbocycles. The molecule has 0 bridgehead atoms. The molecule has 0 aliphatic rings. The standard InChI is InChI=1S/C29H37FN6O5/c1-17(2)14-20-25(30)18(3)31-23-15-19(32-26(20)23)16-36-13-9-11-22(28(36)39)33-27(38)21(34-29(40)41-6)10-7-8-12-24(37)35(4)5/h8-9,11-13,15,17,21,32H,7,10,14,16H2,1-6H3,(H,33,38)(H,34,40). The zero-order valence-electron chi connectivity index (χ0n) is 24.2. The maximum absolute atomic E-state index is 14.9. The number of aryl methyl sites for hydroxylation is 1. The minimum atomic E-state index is -1.02. The van der Waals surface area contributed by atoms with E-state index in [4.69, 9.17) is 0 Å². The second-order valence-corrected chi connectivity index (χ2v) is 10.4. The van der Waals surface area contributed by atoms with E-state index >= 15 is 0 Å². The molecule has 3 aromatic rings. The summed E-state index contributed by atoms with van der Waals surface area (Å²) in [5, 5.41) is 5.05. The van der Waals surface area contributed by atoms with E-state index in [0.29, 0.717) is 40.8 Å². The summed E-state index contributed by atoms with van der Waals surface area (Å²) in [5.41, 5.74) is 2.30. The average Bonchev–Trinajstić information content (AvgIpc) is 3.31. The number of anilines is 1. The number of carbonyl (C=O) groups excluding carboxylic acids is 3. The number of fused-ring (bicyclic) bond motifs is 1. The summed E-state index contributed by atoms with van der Waals surface area (Å²) in [4.78, 5) is 58.9. The summed E-state index contributed by atoms with van der Waals surface area (Å²) in [7, 11) is 4.42. The fraction of sp³-hybridized carbons (Fsp3) is 0.414. The van der Waals surface area contributed by atoms with Crippen LogP contribution in [0.2, 0.25) is 0 Å². The first-order valence-corrected chi connectivity index (χ1v) is 13.3. The Morgan fingerprint density at radius 1 is 1.27 bits per heavy atom. The molecule has 0 fully saturated rings. The Morgan fingerprint density at radius 2 is 2.00 bits per heavy atom. The van der Waals surface area contributed by atoms with E-state index in [1.165, 1.54) is 28.7 Å². The third kappa shape index (κ3) is 8.03. The van der Waals surface area contributed by atoms with Gasteiger partial charge in [0.25, 0.3) is 5.56 Å². The number of carbonyl (C=O) groups is 3. The largest absolute Gasteiger partial charge is 0.453 e. The zero-order valence-corrected chi connectivity index (χ0v) is 24.2. The molecule has 0 aliphatic carbocycles. The molecule has 3 rings (SSSR count). The Kier molecular flexibility index (Phi) is 10.4. The van der Waals surface area contributed by atoms with Crippen LogP contribution in [0.4, 0.5) is 14.9 Å². The van der Waals surface area contributed by atoms with Crippen LogP contribution in [0.25, 0.3) is 11.0 Å². The number of aromatic nitrogens is 3. The highest BCUT2D eigenvalue weighted by atomic mass is 19.1. The molecule has 220 valence electrons. The number of alkyl carbamates (subject to hydrolysis) is 1. The van der Waals surface area contributed by atoms with Gasteiger partial charge in [0.05, 0.1) is 30.4 Å². The molecule has 0 aliphatic heterocycles. The Bertz CT molecular complexity index is 1510. The van der Waals surface area contributed by atoms with E-state index < -0.39 is 23.6 Å². The van der Waals surface area contributed by atoms with Crippen molar-refractivity contribution in [2.45, 2.75) is 52.6 Å². The maximum Gasteiger partial charge on any atom is 0.407 e. The van der Waals surface area contributed by atoms with Gasteiger partial charge in [-0.15, -0.1) is 0 Å². The number of nitrogens with zero attached hydrogens (tertiary/aromatic N) is 3. The van der Waals surface area contributed by atoms with E-state index in [1.807, 2.05) is 13.8 Å². The van der Waals surface area contributed by atoms with Crippen LogP contribution < -0.4 is 16.2 Å². The second-order valence-electron chi connectivity index (χ2n) is 10.4. The van der Waals surface area contributed by atoms with Gasteiger partial charge in [-0.25, -0.2) is 14.2 Å². The zero-order chi connectivity index (χ0) is 30.3. The molecule has 41 heavy (non-hydrogen) atoms. The van der Waals surface area contributed by atoms with Crippen molar-refractivity contribution in [3.05, 3.63) is 69.7 Å². The van der Waals surface area contributed by atoms with Gasteiger partial charge in [-0.3, -0.25) is 14.4 Å². The number of methoxy groups -OCH3 is 1. The molecule has 0 saturated carbocycles. The van der Waals surface area contributed by atoms with Gasteiger partial charge in [0.15, 0.2) is 0 Å². The summed E-state index contributed by atoms with van der Waals surface area (Å²) in [5.74, 6) is -0.926. The molecule has 3 aromatic heterocycles. The molecule has 12 heteroatoms. The predicted octanol–water partition coefficient (Wildman–Crippen LogP) is 3.51. The summed E-state index contributed by atoms with van der Waals surface area (Å²) < 4.78 is 20.9. The highest BCUT2D eigenvalue weighted by Gasteiger charge is 2.22. The first-order valence-electron chi connectivity index (χ1n) is 13.3. The third-order valence-corrected chi connectivity index (χ3v) is 6.37. The van der Waals surface area contributed by atoms with Crippen LogP contribution in [-0.2, 0) is 27.3 Å². The second kappa shape index (κ2) is 13.7. The van der Waals surface area contributed by atoms with Gasteiger partial charge in [0.2, 0.25) is 11.8 Å². The molecule has 1 atom stereocenters. The summed E-state index contributed by atoms with van der Waals surface area (Å²) in [6.45, 7) is 5.79. The Hall–Kier alpha value is -4.48. The fourth-order valence-electron chi connectivity index (χ4n) is 4.29. The number of amides is 3. The lowest BCUT2D eigenvalue weighted by Crippen LogP contribution is -2.44. The van der Waals surface area contributed by atoms with Crippen LogP contribution in [0, 0.1) is 18.7 Å². The van der Waals surface area contributed by atoms with Crippen molar-refractivity contribution < 1.29 is 23.5 Å². The van der Waals surface area contributed by atoms with Gasteiger partial charge < -0.3 is 29.8 Å². The van der Waals surface area contributed by atoms with Gasteiger partial charge in [0.1, 0.15) is 17.5 Å². The van der Waals surface area contributed by atoms with Gasteiger partial charge in [-0.05, 0) is 56.4 Å². The van der Waals surface area contributed by atoms with Gasteiger partial charge in [-0.2, -0.15) is 0 Å². The molecule has 3 heterocycles. The summed E-state index contributed by atoms with van der Waals surface area (Å²) in [6, 6.07) is 3.85. The van der Waals surface area contributed by atoms with E-state index in [1.54, 1.807) is 45.4 Å². The molecule has 0 spiro atoms. The van der Waals surface area contributed by atoms with Crippen LogP contribution in [-0.4, -0.2) is 64.6 Å². The quantitative estimate of drug-likeness (QED) is 0.303. The van der Waals surface area contributed by atoms with Gasteiger partial charge >= 0.3 is 6.09 Å². The molecular formula is C29H37FN6O5. The van der Waals surface area contributed by atoms with Crippen LogP contribution in [0.5, 0.6) is 0 Å². The van der Waals surface area contributed by atoms with Crippen LogP contribution in [0.1, 0.15) is 43.6 Å². The van der Waals surface area contributed by atoms with Crippen molar-refractivity contribution in [3.8, 4) is 0 Å². The van der Waals surface area contributed by atoms with Crippen LogP contribution in [0.3, 0.4) is 0 Å². The van der Waals surface area contributed by atoms with Crippen molar-refractivity contribution in [1.29, 1.82) is 0 Å². The topological polar surface area (TPSA) is 138 Å². The van der Waals surface area contributed by atoms with Crippen molar-refractivity contribution in [2.75, 3.05) is 26.5 Å². The molecule has 1 unspecified atom stereocenters. The minimum absolute atomic E-state index is 0.0177. The molecule has 11 nitrogen and oxygen atoms in total. The van der Waals surface area contributed by atoms with E-state index in [9.17, 15) is 23.6 Å². The number of hydrogen-bond donors (Lipinski definition) is 3. The maximum atomic E-state index is 14.9. The number of hydrogen-bond acceptors (Lipinski definition) is 6. The molecular weight excluding hydrogens is 531 g/mol. The average molecular weight is 569 g/mol. The van der Waals surface area contributed by atoms with Gasteiger partial charge in [0, 0.05) is 31.5 Å². The number of H-pyrrole nitrogens is 1. The number of rotatable bonds is 11. The fourth-order valence-corrected chi connectivity index (χ4v) is 4.29. The number of allylic oxidation sites excluding steroid dienone is 1. The Labute approximate surface area is 237 Å². The minimum Gasteiger partial charge on any atom is -0.453 e. The van der Waals surface area contributed by atoms with Crippen LogP contribution in [0.15, 0.2) is 41.3 Å². The van der Waals surface area contributed by atoms with Crippen molar-refractivity contribution in [1.82, 2.24) is 24.8 Å². The predicted molar refractivity (Wildman–Crippen MR) is 154 cm³/mol. The lowest BCUT2D eigenvalue weighted by molar-refractivity contribution is -0.123. The molecule has 0 saturated heterocycles. The number of ether oxygens (including phenoxy) is 1. The lowest BCUT2D eigenvalue weighted by Gasteiger charge is -2.17. The highest BCUT2D eigenvalue weighted by molar-refractivity contribution is 5.96. The smallest absolute Gasteiger partial charge is 0.407 e. The third-order valence-electron chi connectivity index (χ3n) is 6.37. The first kappa shape index (κ1) is 31.1. The van der Waals surface area contributed by atoms with E-state index in [0.717, 1.165) is 0 Å². The summed E-state index contributed by atoms with van der Waals surface area (Å²) in [6.07, 6.45) is 4.77. The number of halogens is 1. The van der Waals surface area contributed by atoms with Crippen molar-refractivity contribution >= 4 is 34.6 Å². The normalized spacial score (nSPS) is 12.1. The first-order chi connectivity index (χ1) is 19.4. The number of nitrogens with one attached hydrogen (secondary N) is 3. The lowest BCUT2D eigenvalue weighted by atomic mass is 10.0. The Balaban J connectivity index is 1.80. The van der Waals surface area contributed by atoms with Crippen LogP contribution >= 0.6 is 0 Å². The summed E-state index contributed by atoms with van der Waals surface area (Å²) >= 11 is 0. The van der Waals surface area contributed by atoms with Crippen molar-refractivity contribution in [2.24, 2.45) is 5.92 Å². The number of likely N-dealkylation sites (N-methyl/N-ethyl adjacent to an activating group) is 1. The Morgan fingerprint density at radius 3 is 2.66 bits per heavy atom. The molecule has 3 N–H and O–H groups in total. The van der Waals surface area contributed by atoms with E-state index in [-0.39, 0.29) is 36.3 Å². The number of aromatic amines is 1. The van der Waals surface area contributed by atoms with Gasteiger partial charge in [-0.1, -0.05) is 19.9 Å². The van der Waals surface area contributed by atoms with Crippen molar-refractivity contribution in [3.63, 3.8) is 0 Å². The monoisotopic (exact) mass is 568 g/mol. The highest BCUT2D eigenvalue weighted by Crippen LogP contribution is 2.25. The number of pyridine rings is 2. The van der Waals surface area contributed by atoms with E-state index in [2.05, 4.69) is 25.3 Å². The SMILES string of the molecule is COC(=O)NC(CCC=CC(=O)N(C)C)C(=O)Nc1cccn(Cc2cc3nc(C)c(F)c(CC(C)C)c3[nH]2)c1=O. The molecule has 0 radical (unpaired) electrons. The molecule has 3 amide bonds.